The summed E-state index contributed by atoms with van der Waals surface area (Å²) in [5, 5.41) is 0. The van der Waals surface area contributed by atoms with Crippen LogP contribution in [-0.2, 0) is 0 Å². The molecular weight excluding hydrogens is 239 g/mol. The normalized spacial score (nSPS) is 17.2. The predicted octanol–water partition coefficient (Wildman–Crippen LogP) is 3.84. The second kappa shape index (κ2) is 6.31. The quantitative estimate of drug-likeness (QED) is 0.491. The number of hydrazine groups is 1. The number of allylic oxidation sites excluding steroid dienone is 1. The van der Waals surface area contributed by atoms with E-state index >= 15 is 0 Å². The lowest BCUT2D eigenvalue weighted by atomic mass is 9.89. The Hall–Kier alpha value is -1.19. The SMILES string of the molecule is Cc1cc(C)c(C(CC2=CCCCC2)NN)c(F)c1. The van der Waals surface area contributed by atoms with Crippen LogP contribution in [0.4, 0.5) is 4.39 Å². The van der Waals surface area contributed by atoms with Crippen molar-refractivity contribution in [2.75, 3.05) is 0 Å². The zero-order valence-corrected chi connectivity index (χ0v) is 11.8. The lowest BCUT2D eigenvalue weighted by Crippen LogP contribution is -2.30. The molecule has 19 heavy (non-hydrogen) atoms. The van der Waals surface area contributed by atoms with Gasteiger partial charge in [-0.25, -0.2) is 4.39 Å². The molecule has 3 N–H and O–H groups in total. The third kappa shape index (κ3) is 3.43. The van der Waals surface area contributed by atoms with Gasteiger partial charge in [-0.15, -0.1) is 0 Å². The summed E-state index contributed by atoms with van der Waals surface area (Å²) in [5.74, 6) is 5.50. The van der Waals surface area contributed by atoms with Crippen molar-refractivity contribution in [3.05, 3.63) is 46.3 Å². The third-order valence-corrected chi connectivity index (χ3v) is 3.88. The molecule has 1 atom stereocenters. The highest BCUT2D eigenvalue weighted by Gasteiger charge is 2.19. The molecule has 1 aromatic rings. The number of hydrogen-bond acceptors (Lipinski definition) is 2. The zero-order chi connectivity index (χ0) is 13.8. The van der Waals surface area contributed by atoms with Gasteiger partial charge in [0.2, 0.25) is 0 Å². The highest BCUT2D eigenvalue weighted by atomic mass is 19.1. The minimum atomic E-state index is -0.156. The summed E-state index contributed by atoms with van der Waals surface area (Å²) in [6.07, 6.45) is 7.85. The fourth-order valence-electron chi connectivity index (χ4n) is 2.96. The van der Waals surface area contributed by atoms with Crippen LogP contribution in [-0.4, -0.2) is 0 Å². The van der Waals surface area contributed by atoms with E-state index < -0.39 is 0 Å². The Labute approximate surface area is 114 Å². The summed E-state index contributed by atoms with van der Waals surface area (Å²) >= 11 is 0. The van der Waals surface area contributed by atoms with Gasteiger partial charge in [0.05, 0.1) is 6.04 Å². The van der Waals surface area contributed by atoms with Crippen LogP contribution < -0.4 is 11.3 Å². The summed E-state index contributed by atoms with van der Waals surface area (Å²) in [6.45, 7) is 3.86. The van der Waals surface area contributed by atoms with Crippen LogP contribution in [0.3, 0.4) is 0 Å². The van der Waals surface area contributed by atoms with Crippen LogP contribution in [0.25, 0.3) is 0 Å². The Bertz CT molecular complexity index is 457. The number of nitrogens with one attached hydrogen (secondary N) is 1. The standard InChI is InChI=1S/C16H23FN2/c1-11-8-12(2)16(14(17)9-11)15(19-18)10-13-6-4-3-5-7-13/h6,8-9,15,19H,3-5,7,10,18H2,1-2H3. The van der Waals surface area contributed by atoms with Gasteiger partial charge >= 0.3 is 0 Å². The number of benzene rings is 1. The lowest BCUT2D eigenvalue weighted by Gasteiger charge is -2.22. The van der Waals surface area contributed by atoms with E-state index in [1.165, 1.54) is 18.4 Å². The first-order valence-electron chi connectivity index (χ1n) is 7.02. The molecule has 0 spiro atoms. The van der Waals surface area contributed by atoms with Gasteiger partial charge in [0.15, 0.2) is 0 Å². The largest absolute Gasteiger partial charge is 0.271 e. The fourth-order valence-corrected chi connectivity index (χ4v) is 2.96. The predicted molar refractivity (Wildman–Crippen MR) is 77.1 cm³/mol. The Balaban J connectivity index is 2.24. The maximum atomic E-state index is 14.2. The molecule has 0 saturated heterocycles. The summed E-state index contributed by atoms with van der Waals surface area (Å²) < 4.78 is 14.2. The fraction of sp³-hybridized carbons (Fsp3) is 0.500. The molecule has 0 aromatic heterocycles. The molecule has 1 aromatic carbocycles. The van der Waals surface area contributed by atoms with Crippen molar-refractivity contribution in [1.82, 2.24) is 5.43 Å². The molecule has 0 amide bonds. The molecule has 0 radical (unpaired) electrons. The average molecular weight is 262 g/mol. The van der Waals surface area contributed by atoms with E-state index in [0.29, 0.717) is 5.56 Å². The van der Waals surface area contributed by atoms with Crippen LogP contribution in [0.5, 0.6) is 0 Å². The van der Waals surface area contributed by atoms with E-state index in [4.69, 9.17) is 5.84 Å². The van der Waals surface area contributed by atoms with Gasteiger partial charge in [0.1, 0.15) is 5.82 Å². The van der Waals surface area contributed by atoms with Crippen LogP contribution in [0.15, 0.2) is 23.8 Å². The van der Waals surface area contributed by atoms with Crippen molar-refractivity contribution >= 4 is 0 Å². The maximum Gasteiger partial charge on any atom is 0.128 e. The Morgan fingerprint density at radius 1 is 1.32 bits per heavy atom. The monoisotopic (exact) mass is 262 g/mol. The molecule has 0 aliphatic heterocycles. The van der Waals surface area contributed by atoms with Crippen molar-refractivity contribution in [1.29, 1.82) is 0 Å². The van der Waals surface area contributed by atoms with Crippen LogP contribution in [0.1, 0.15) is 54.8 Å². The molecule has 2 nitrogen and oxygen atoms in total. The van der Waals surface area contributed by atoms with Gasteiger partial charge in [0, 0.05) is 5.56 Å². The third-order valence-electron chi connectivity index (χ3n) is 3.88. The van der Waals surface area contributed by atoms with E-state index in [9.17, 15) is 4.39 Å². The average Bonchev–Trinajstić information content (AvgIpc) is 2.37. The molecule has 3 heteroatoms. The first-order valence-corrected chi connectivity index (χ1v) is 7.02. The molecule has 0 saturated carbocycles. The smallest absolute Gasteiger partial charge is 0.128 e. The molecule has 0 bridgehead atoms. The highest BCUT2D eigenvalue weighted by Crippen LogP contribution is 2.30. The molecule has 0 fully saturated rings. The topological polar surface area (TPSA) is 38.0 Å². The summed E-state index contributed by atoms with van der Waals surface area (Å²) in [5.41, 5.74) is 6.81. The van der Waals surface area contributed by atoms with Crippen LogP contribution in [0.2, 0.25) is 0 Å². The second-order valence-corrected chi connectivity index (χ2v) is 5.51. The lowest BCUT2D eigenvalue weighted by molar-refractivity contribution is 0.494. The summed E-state index contributed by atoms with van der Waals surface area (Å²) in [4.78, 5) is 0. The van der Waals surface area contributed by atoms with Crippen LogP contribution >= 0.6 is 0 Å². The molecule has 2 rings (SSSR count). The minimum absolute atomic E-state index is 0.134. The van der Waals surface area contributed by atoms with E-state index in [2.05, 4.69) is 11.5 Å². The van der Waals surface area contributed by atoms with Crippen molar-refractivity contribution in [2.45, 2.75) is 52.0 Å². The first-order chi connectivity index (χ1) is 9.11. The Kier molecular flexibility index (Phi) is 4.72. The number of nitrogens with two attached hydrogens (primary N) is 1. The van der Waals surface area contributed by atoms with E-state index in [0.717, 1.165) is 30.4 Å². The number of halogens is 1. The second-order valence-electron chi connectivity index (χ2n) is 5.51. The van der Waals surface area contributed by atoms with Crippen molar-refractivity contribution in [3.63, 3.8) is 0 Å². The van der Waals surface area contributed by atoms with Crippen molar-refractivity contribution in [2.24, 2.45) is 5.84 Å². The number of hydrogen-bond donors (Lipinski definition) is 2. The van der Waals surface area contributed by atoms with Gasteiger partial charge in [0.25, 0.3) is 0 Å². The van der Waals surface area contributed by atoms with Gasteiger partial charge in [-0.2, -0.15) is 0 Å². The van der Waals surface area contributed by atoms with Gasteiger partial charge < -0.3 is 0 Å². The van der Waals surface area contributed by atoms with Crippen molar-refractivity contribution < 1.29 is 4.39 Å². The zero-order valence-electron chi connectivity index (χ0n) is 11.8. The highest BCUT2D eigenvalue weighted by molar-refractivity contribution is 5.35. The molecule has 1 unspecified atom stereocenters. The molecule has 104 valence electrons. The van der Waals surface area contributed by atoms with E-state index in [1.54, 1.807) is 6.07 Å². The summed E-state index contributed by atoms with van der Waals surface area (Å²) in [7, 11) is 0. The molecular formula is C16H23FN2. The minimum Gasteiger partial charge on any atom is -0.271 e. The van der Waals surface area contributed by atoms with E-state index in [-0.39, 0.29) is 11.9 Å². The summed E-state index contributed by atoms with van der Waals surface area (Å²) in [6, 6.07) is 3.46. The molecule has 0 heterocycles. The Morgan fingerprint density at radius 3 is 2.68 bits per heavy atom. The number of rotatable bonds is 4. The van der Waals surface area contributed by atoms with Crippen molar-refractivity contribution in [3.8, 4) is 0 Å². The first kappa shape index (κ1) is 14.2. The van der Waals surface area contributed by atoms with Gasteiger partial charge in [-0.05, 0) is 63.1 Å². The van der Waals surface area contributed by atoms with Gasteiger partial charge in [-0.3, -0.25) is 11.3 Å². The molecule has 1 aliphatic rings. The number of aryl methyl sites for hydroxylation is 2. The Morgan fingerprint density at radius 2 is 2.11 bits per heavy atom. The molecule has 1 aliphatic carbocycles. The van der Waals surface area contributed by atoms with E-state index in [1.807, 2.05) is 19.9 Å². The van der Waals surface area contributed by atoms with Crippen LogP contribution in [0, 0.1) is 19.7 Å². The maximum absolute atomic E-state index is 14.2. The van der Waals surface area contributed by atoms with Gasteiger partial charge in [-0.1, -0.05) is 17.7 Å².